The molecule has 514 valence electrons. The lowest BCUT2D eigenvalue weighted by Crippen LogP contribution is -2.26. The van der Waals surface area contributed by atoms with Crippen molar-refractivity contribution in [2.75, 3.05) is 0 Å². The summed E-state index contributed by atoms with van der Waals surface area (Å²) in [5, 5.41) is 5.00. The quantitative estimate of drug-likeness (QED) is 0.141. The zero-order chi connectivity index (χ0) is 72.7. The van der Waals surface area contributed by atoms with E-state index in [1.807, 2.05) is 0 Å². The lowest BCUT2D eigenvalue weighted by Gasteiger charge is -2.31. The monoisotopic (exact) mass is 1400 g/mol. The third kappa shape index (κ3) is 8.06. The van der Waals surface area contributed by atoms with Crippen molar-refractivity contribution in [1.29, 1.82) is 0 Å². The van der Waals surface area contributed by atoms with Crippen LogP contribution in [0.1, 0.15) is 117 Å². The van der Waals surface area contributed by atoms with Crippen LogP contribution in [0.2, 0.25) is 0 Å². The van der Waals surface area contributed by atoms with E-state index in [9.17, 15) is 0 Å². The lowest BCUT2D eigenvalue weighted by molar-refractivity contribution is 0.660. The Labute approximate surface area is 640 Å². The van der Waals surface area contributed by atoms with Crippen LogP contribution in [0, 0.1) is 0 Å². The summed E-state index contributed by atoms with van der Waals surface area (Å²) in [5.41, 5.74) is 44.9. The van der Waals surface area contributed by atoms with Crippen molar-refractivity contribution >= 4 is 67.9 Å². The second-order valence-electron chi connectivity index (χ2n) is 32.5. The second-order valence-corrected chi connectivity index (χ2v) is 32.5. The van der Waals surface area contributed by atoms with E-state index < -0.39 is 10.8 Å². The van der Waals surface area contributed by atoms with E-state index in [-0.39, 0.29) is 10.8 Å². The molecule has 2 heterocycles. The summed E-state index contributed by atoms with van der Waals surface area (Å²) in [6.07, 6.45) is 9.31. The van der Waals surface area contributed by atoms with Crippen molar-refractivity contribution in [2.24, 2.45) is 0 Å². The van der Waals surface area contributed by atoms with E-state index in [1.54, 1.807) is 0 Å². The molecule has 0 bridgehead atoms. The Morgan fingerprint density at radius 1 is 0.191 bits per heavy atom. The number of hydrogen-bond acceptors (Lipinski definition) is 0. The van der Waals surface area contributed by atoms with Gasteiger partial charge in [0.2, 0.25) is 0 Å². The summed E-state index contributed by atoms with van der Waals surface area (Å²) in [4.78, 5) is 0. The number of nitrogens with zero attached hydrogens (tertiary/aromatic N) is 2. The number of para-hydroxylation sites is 2. The minimum Gasteiger partial charge on any atom is -0.309 e. The van der Waals surface area contributed by atoms with Gasteiger partial charge < -0.3 is 9.13 Å². The predicted molar refractivity (Wildman–Crippen MR) is 459 cm³/mol. The standard InChI is InChI=1S/C108H72N2/c1-105(2)89-29-13-5-21-73(89)79-53-47-71(63-95(79)105)109-101-35-19-11-27-85(101)87-57-65(43-55-103(87)109)37-39-67-41-49-81-83-51-45-69(61-99(83)107(97(81)59-67)91-31-15-7-23-75(91)76-24-8-16-32-92(76)107)70-46-52-84-82-50-42-68(60-98(82)108(100(84)62-70)93-33-17-9-25-77(93)78-26-10-18-34-94(78)108)40-38-66-44-56-104-88(58-66)86-28-12-20-36-102(86)110(104)72-48-54-80-74-22-6-14-30-90(74)106(3,4)96(80)64-72/h5-64H,1-4H3/b39-37+,40-38+. The zero-order valence-electron chi connectivity index (χ0n) is 61.5. The first-order valence-corrected chi connectivity index (χ1v) is 38.9. The number of rotatable bonds is 7. The Morgan fingerprint density at radius 3 is 0.836 bits per heavy atom. The maximum atomic E-state index is 2.57. The molecule has 2 heteroatoms. The van der Waals surface area contributed by atoms with Gasteiger partial charge in [-0.25, -0.2) is 0 Å². The van der Waals surface area contributed by atoms with Crippen LogP contribution in [0.25, 0.3) is 157 Å². The summed E-state index contributed by atoms with van der Waals surface area (Å²) >= 11 is 0. The Hall–Kier alpha value is -13.4. The minimum atomic E-state index is -0.561. The van der Waals surface area contributed by atoms with Crippen LogP contribution in [0.4, 0.5) is 0 Å². The maximum Gasteiger partial charge on any atom is 0.0725 e. The van der Waals surface area contributed by atoms with Crippen LogP contribution < -0.4 is 0 Å². The van der Waals surface area contributed by atoms with Crippen molar-refractivity contribution in [3.8, 4) is 89.3 Å². The lowest BCUT2D eigenvalue weighted by atomic mass is 9.69. The van der Waals surface area contributed by atoms with Crippen LogP contribution in [0.3, 0.4) is 0 Å². The molecule has 0 aliphatic heterocycles. The third-order valence-electron chi connectivity index (χ3n) is 26.5. The number of benzene rings is 16. The molecule has 0 amide bonds. The molecule has 2 spiro atoms. The molecule has 6 aliphatic rings. The largest absolute Gasteiger partial charge is 0.309 e. The SMILES string of the molecule is CC1(C)c2ccccc2-c2ccc(-n3c4ccccc4c4cc(/C=C/c5ccc6c(c5)C5(c7ccccc7-c7ccccc75)c5cc(-c7ccc8c(c7)C7(c9ccccc9-c9ccccc97)c7cc(/C=C/c9ccc%10c(c9)c9ccccc9n%10-c9ccc%10c(c9)C(C)(C)c9ccccc9-%10)ccc7-8)ccc5-6)ccc43)cc21. The minimum absolute atomic E-state index is 0.0957. The summed E-state index contributed by atoms with van der Waals surface area (Å²) in [7, 11) is 0. The fourth-order valence-corrected chi connectivity index (χ4v) is 21.7. The molecule has 110 heavy (non-hydrogen) atoms. The average Bonchev–Trinajstić information content (AvgIpc) is 1.51. The number of fused-ring (bicyclic) bond motifs is 32. The topological polar surface area (TPSA) is 9.86 Å². The molecule has 0 unspecified atom stereocenters. The molecule has 6 aliphatic carbocycles. The highest BCUT2D eigenvalue weighted by molar-refractivity contribution is 6.12. The highest BCUT2D eigenvalue weighted by Crippen LogP contribution is 2.66. The first kappa shape index (κ1) is 61.7. The van der Waals surface area contributed by atoms with Gasteiger partial charge in [-0.15, -0.1) is 0 Å². The van der Waals surface area contributed by atoms with Gasteiger partial charge in [0.15, 0.2) is 0 Å². The van der Waals surface area contributed by atoms with E-state index in [2.05, 4.69) is 401 Å². The molecule has 0 saturated carbocycles. The normalized spacial score (nSPS) is 15.1. The van der Waals surface area contributed by atoms with Gasteiger partial charge in [-0.05, 0) is 252 Å². The summed E-state index contributed by atoms with van der Waals surface area (Å²) in [5.74, 6) is 0. The summed E-state index contributed by atoms with van der Waals surface area (Å²) in [6, 6.07) is 130. The van der Waals surface area contributed by atoms with Crippen LogP contribution in [-0.4, -0.2) is 9.13 Å². The van der Waals surface area contributed by atoms with Crippen molar-refractivity contribution in [3.05, 3.63) is 429 Å². The Balaban J connectivity index is 0.601. The molecule has 16 aromatic carbocycles. The first-order chi connectivity index (χ1) is 54.0. The van der Waals surface area contributed by atoms with Crippen molar-refractivity contribution in [1.82, 2.24) is 9.13 Å². The van der Waals surface area contributed by atoms with Crippen LogP contribution in [0.15, 0.2) is 340 Å². The van der Waals surface area contributed by atoms with E-state index in [4.69, 9.17) is 0 Å². The smallest absolute Gasteiger partial charge is 0.0725 e. The number of aromatic nitrogens is 2. The van der Waals surface area contributed by atoms with Crippen molar-refractivity contribution in [2.45, 2.75) is 49.4 Å². The van der Waals surface area contributed by atoms with Gasteiger partial charge in [-0.1, -0.05) is 307 Å². The molecular formula is C108H72N2. The van der Waals surface area contributed by atoms with Gasteiger partial charge in [0.1, 0.15) is 0 Å². The Kier molecular flexibility index (Phi) is 12.4. The molecule has 18 aromatic rings. The van der Waals surface area contributed by atoms with Gasteiger partial charge in [0.05, 0.1) is 32.9 Å². The van der Waals surface area contributed by atoms with Crippen molar-refractivity contribution < 1.29 is 0 Å². The molecule has 2 nitrogen and oxygen atoms in total. The van der Waals surface area contributed by atoms with Gasteiger partial charge in [0, 0.05) is 43.7 Å². The van der Waals surface area contributed by atoms with Gasteiger partial charge >= 0.3 is 0 Å². The molecule has 0 N–H and O–H groups in total. The van der Waals surface area contributed by atoms with E-state index >= 15 is 0 Å². The molecule has 2 aromatic heterocycles. The van der Waals surface area contributed by atoms with E-state index in [1.165, 1.54) is 222 Å². The van der Waals surface area contributed by atoms with Crippen LogP contribution in [0.5, 0.6) is 0 Å². The highest BCUT2D eigenvalue weighted by Gasteiger charge is 2.54. The van der Waals surface area contributed by atoms with Crippen LogP contribution in [-0.2, 0) is 21.7 Å². The maximum absolute atomic E-state index is 2.57. The van der Waals surface area contributed by atoms with Crippen molar-refractivity contribution in [3.63, 3.8) is 0 Å². The fraction of sp³-hybridized carbons (Fsp3) is 0.0741. The van der Waals surface area contributed by atoms with E-state index in [0.717, 1.165) is 0 Å². The molecule has 0 atom stereocenters. The Morgan fingerprint density at radius 2 is 0.455 bits per heavy atom. The molecule has 0 radical (unpaired) electrons. The van der Waals surface area contributed by atoms with Gasteiger partial charge in [0.25, 0.3) is 0 Å². The molecule has 0 saturated heterocycles. The summed E-state index contributed by atoms with van der Waals surface area (Å²) in [6.45, 7) is 9.48. The zero-order valence-corrected chi connectivity index (χ0v) is 61.5. The molecule has 24 rings (SSSR count). The van der Waals surface area contributed by atoms with Gasteiger partial charge in [-0.2, -0.15) is 0 Å². The molecule has 0 fully saturated rings. The third-order valence-corrected chi connectivity index (χ3v) is 26.5. The summed E-state index contributed by atoms with van der Waals surface area (Å²) < 4.78 is 4.94. The Bertz CT molecular complexity index is 6710. The average molecular weight is 1400 g/mol. The highest BCUT2D eigenvalue weighted by atomic mass is 15.0. The second kappa shape index (κ2) is 22.1. The van der Waals surface area contributed by atoms with Crippen LogP contribution >= 0.6 is 0 Å². The number of hydrogen-bond donors (Lipinski definition) is 0. The van der Waals surface area contributed by atoms with Gasteiger partial charge in [-0.3, -0.25) is 0 Å². The molecular weight excluding hydrogens is 1330 g/mol. The first-order valence-electron chi connectivity index (χ1n) is 38.9. The predicted octanol–water partition coefficient (Wildman–Crippen LogP) is 27.2. The van der Waals surface area contributed by atoms with E-state index in [0.29, 0.717) is 0 Å². The fourth-order valence-electron chi connectivity index (χ4n) is 21.7.